The van der Waals surface area contributed by atoms with E-state index in [1.165, 1.54) is 6.92 Å². The fourth-order valence-electron chi connectivity index (χ4n) is 2.27. The van der Waals surface area contributed by atoms with Gasteiger partial charge in [-0.15, -0.1) is 0 Å². The average molecular weight is 418 g/mol. The molecule has 4 atom stereocenters. The lowest BCUT2D eigenvalue weighted by Crippen LogP contribution is -2.58. The molecule has 0 rings (SSSR count). The number of nitrogens with one attached hydrogen (secondary N) is 3. The molecule has 3 amide bonds. The fourth-order valence-corrected chi connectivity index (χ4v) is 2.27. The molecule has 0 aromatic heterocycles. The third-order valence-corrected chi connectivity index (χ3v) is 3.83. The van der Waals surface area contributed by atoms with Gasteiger partial charge in [-0.3, -0.25) is 19.2 Å². The molecule has 0 aliphatic rings. The van der Waals surface area contributed by atoms with Crippen LogP contribution >= 0.6 is 0 Å². The van der Waals surface area contributed by atoms with Crippen LogP contribution in [0.3, 0.4) is 0 Å². The Morgan fingerprint density at radius 2 is 1.31 bits per heavy atom. The van der Waals surface area contributed by atoms with Gasteiger partial charge in [-0.05, 0) is 25.7 Å². The minimum Gasteiger partial charge on any atom is -0.481 e. The van der Waals surface area contributed by atoms with Crippen molar-refractivity contribution in [1.82, 2.24) is 16.0 Å². The van der Waals surface area contributed by atoms with E-state index in [4.69, 9.17) is 10.8 Å². The Balaban J connectivity index is 5.19. The number of hydrogen-bond acceptors (Lipinski definition) is 7. The lowest BCUT2D eigenvalue weighted by Gasteiger charge is -2.24. The lowest BCUT2D eigenvalue weighted by molar-refractivity contribution is -0.143. The highest BCUT2D eigenvalue weighted by Crippen LogP contribution is 2.06. The number of hydrogen-bond donors (Lipinski definition) is 7. The molecule has 0 aromatic rings. The molecule has 0 aromatic carbocycles. The maximum atomic E-state index is 12.4. The molecule has 0 fully saturated rings. The molecule has 12 heteroatoms. The van der Waals surface area contributed by atoms with Crippen molar-refractivity contribution in [3.8, 4) is 0 Å². The number of aliphatic carboxylic acids is 2. The molecule has 29 heavy (non-hydrogen) atoms. The van der Waals surface area contributed by atoms with Gasteiger partial charge in [0, 0.05) is 6.42 Å². The Hall–Kier alpha value is -2.73. The number of nitrogens with two attached hydrogens (primary N) is 1. The molecule has 0 bridgehead atoms. The second-order valence-corrected chi connectivity index (χ2v) is 7.05. The maximum absolute atomic E-state index is 12.4. The summed E-state index contributed by atoms with van der Waals surface area (Å²) in [6, 6.07) is -4.97. The second kappa shape index (κ2) is 12.7. The first-order valence-electron chi connectivity index (χ1n) is 9.11. The molecule has 4 unspecified atom stereocenters. The zero-order valence-corrected chi connectivity index (χ0v) is 16.7. The van der Waals surface area contributed by atoms with Gasteiger partial charge < -0.3 is 37.0 Å². The first-order valence-corrected chi connectivity index (χ1v) is 9.11. The highest BCUT2D eigenvalue weighted by Gasteiger charge is 2.30. The van der Waals surface area contributed by atoms with E-state index in [1.54, 1.807) is 13.8 Å². The molecule has 12 nitrogen and oxygen atoms in total. The van der Waals surface area contributed by atoms with Crippen LogP contribution in [0.5, 0.6) is 0 Å². The largest absolute Gasteiger partial charge is 0.481 e. The Bertz CT molecular complexity index is 608. The zero-order chi connectivity index (χ0) is 22.7. The van der Waals surface area contributed by atoms with Gasteiger partial charge in [-0.25, -0.2) is 4.79 Å². The summed E-state index contributed by atoms with van der Waals surface area (Å²) in [6.45, 7) is 4.06. The summed E-state index contributed by atoms with van der Waals surface area (Å²) >= 11 is 0. The monoisotopic (exact) mass is 418 g/mol. The minimum absolute atomic E-state index is 0.0348. The van der Waals surface area contributed by atoms with Crippen LogP contribution in [0.2, 0.25) is 0 Å². The highest BCUT2D eigenvalue weighted by molar-refractivity contribution is 5.94. The van der Waals surface area contributed by atoms with Crippen molar-refractivity contribution in [2.75, 3.05) is 6.61 Å². The Kier molecular flexibility index (Phi) is 11.5. The summed E-state index contributed by atoms with van der Waals surface area (Å²) in [5, 5.41) is 34.1. The summed E-state index contributed by atoms with van der Waals surface area (Å²) in [5.41, 5.74) is 5.42. The van der Waals surface area contributed by atoms with Gasteiger partial charge in [0.2, 0.25) is 17.7 Å². The maximum Gasteiger partial charge on any atom is 0.326 e. The van der Waals surface area contributed by atoms with Gasteiger partial charge in [0.25, 0.3) is 0 Å². The second-order valence-electron chi connectivity index (χ2n) is 7.05. The van der Waals surface area contributed by atoms with E-state index >= 15 is 0 Å². The smallest absolute Gasteiger partial charge is 0.326 e. The minimum atomic E-state index is -1.49. The predicted octanol–water partition coefficient (Wildman–Crippen LogP) is -2.22. The van der Waals surface area contributed by atoms with Crippen molar-refractivity contribution in [2.24, 2.45) is 11.7 Å². The van der Waals surface area contributed by atoms with E-state index in [0.717, 1.165) is 0 Å². The van der Waals surface area contributed by atoms with Crippen LogP contribution in [0.1, 0.15) is 40.0 Å². The quantitative estimate of drug-likeness (QED) is 0.172. The summed E-state index contributed by atoms with van der Waals surface area (Å²) in [6.07, 6.45) is -0.577. The molecular weight excluding hydrogens is 388 g/mol. The zero-order valence-electron chi connectivity index (χ0n) is 16.7. The van der Waals surface area contributed by atoms with Crippen LogP contribution < -0.4 is 21.7 Å². The molecule has 166 valence electrons. The van der Waals surface area contributed by atoms with Crippen LogP contribution in [0, 0.1) is 5.92 Å². The van der Waals surface area contributed by atoms with Gasteiger partial charge in [-0.2, -0.15) is 0 Å². The third kappa shape index (κ3) is 10.4. The standard InChI is InChI=1S/C17H30N4O8/c1-8(2)6-11(17(28)29)20-16(27)12(7-22)21-15(26)10(4-5-13(23)24)19-14(25)9(3)18/h8-12,22H,4-7,18H2,1-3H3,(H,19,25)(H,20,27)(H,21,26)(H,23,24)(H,28,29). The Morgan fingerprint density at radius 1 is 0.828 bits per heavy atom. The van der Waals surface area contributed by atoms with Gasteiger partial charge >= 0.3 is 11.9 Å². The number of carbonyl (C=O) groups is 5. The molecule has 0 saturated heterocycles. The molecule has 0 spiro atoms. The van der Waals surface area contributed by atoms with Crippen molar-refractivity contribution in [1.29, 1.82) is 0 Å². The average Bonchev–Trinajstić information content (AvgIpc) is 2.60. The van der Waals surface area contributed by atoms with Crippen LogP contribution in [0.4, 0.5) is 0 Å². The fraction of sp³-hybridized carbons (Fsp3) is 0.706. The van der Waals surface area contributed by atoms with Crippen molar-refractivity contribution in [2.45, 2.75) is 64.2 Å². The van der Waals surface area contributed by atoms with Crippen LogP contribution in [0.15, 0.2) is 0 Å². The Labute approximate surface area is 168 Å². The van der Waals surface area contributed by atoms with Gasteiger partial charge in [-0.1, -0.05) is 13.8 Å². The van der Waals surface area contributed by atoms with E-state index in [-0.39, 0.29) is 18.8 Å². The normalized spacial score (nSPS) is 15.0. The molecule has 0 heterocycles. The van der Waals surface area contributed by atoms with Crippen LogP contribution in [-0.4, -0.2) is 75.8 Å². The number of aliphatic hydroxyl groups is 1. The molecule has 0 aliphatic carbocycles. The number of carboxylic acids is 2. The molecule has 0 saturated carbocycles. The van der Waals surface area contributed by atoms with Crippen molar-refractivity contribution < 1.29 is 39.3 Å². The van der Waals surface area contributed by atoms with Gasteiger partial charge in [0.15, 0.2) is 0 Å². The van der Waals surface area contributed by atoms with Gasteiger partial charge in [0.1, 0.15) is 18.1 Å². The van der Waals surface area contributed by atoms with E-state index in [2.05, 4.69) is 16.0 Å². The summed E-state index contributed by atoms with van der Waals surface area (Å²) in [7, 11) is 0. The van der Waals surface area contributed by atoms with Crippen LogP contribution in [-0.2, 0) is 24.0 Å². The van der Waals surface area contributed by atoms with Crippen LogP contribution in [0.25, 0.3) is 0 Å². The Morgan fingerprint density at radius 3 is 1.72 bits per heavy atom. The lowest BCUT2D eigenvalue weighted by atomic mass is 10.0. The SMILES string of the molecule is CC(C)CC(NC(=O)C(CO)NC(=O)C(CCC(=O)O)NC(=O)C(C)N)C(=O)O. The van der Waals surface area contributed by atoms with E-state index in [0.29, 0.717) is 0 Å². The first-order chi connectivity index (χ1) is 13.4. The van der Waals surface area contributed by atoms with Gasteiger partial charge in [0.05, 0.1) is 12.6 Å². The van der Waals surface area contributed by atoms with E-state index < -0.39 is 66.9 Å². The molecule has 0 radical (unpaired) electrons. The summed E-state index contributed by atoms with van der Waals surface area (Å²) < 4.78 is 0. The van der Waals surface area contributed by atoms with Crippen molar-refractivity contribution in [3.05, 3.63) is 0 Å². The van der Waals surface area contributed by atoms with E-state index in [1.807, 2.05) is 0 Å². The number of rotatable bonds is 13. The van der Waals surface area contributed by atoms with Crippen molar-refractivity contribution in [3.63, 3.8) is 0 Å². The first kappa shape index (κ1) is 26.3. The predicted molar refractivity (Wildman–Crippen MR) is 100 cm³/mol. The highest BCUT2D eigenvalue weighted by atomic mass is 16.4. The number of carboxylic acid groups (broad SMARTS) is 2. The summed E-state index contributed by atoms with van der Waals surface area (Å²) in [5.74, 6) is -5.05. The van der Waals surface area contributed by atoms with E-state index in [9.17, 15) is 34.2 Å². The summed E-state index contributed by atoms with van der Waals surface area (Å²) in [4.78, 5) is 58.5. The topological polar surface area (TPSA) is 208 Å². The third-order valence-electron chi connectivity index (χ3n) is 3.83. The number of carbonyl (C=O) groups excluding carboxylic acids is 3. The molecular formula is C17H30N4O8. The molecule has 0 aliphatic heterocycles. The number of aliphatic hydroxyl groups excluding tert-OH is 1. The molecule has 8 N–H and O–H groups in total. The number of amides is 3. The van der Waals surface area contributed by atoms with Crippen molar-refractivity contribution >= 4 is 29.7 Å².